The van der Waals surface area contributed by atoms with Gasteiger partial charge in [-0.3, -0.25) is 4.79 Å². The van der Waals surface area contributed by atoms with Crippen LogP contribution in [0.2, 0.25) is 0 Å². The first-order valence-electron chi connectivity index (χ1n) is 5.51. The Labute approximate surface area is 97.5 Å². The molecule has 4 rings (SSSR count). The van der Waals surface area contributed by atoms with Gasteiger partial charge in [0.05, 0.1) is 0 Å². The Bertz CT molecular complexity index is 754. The summed E-state index contributed by atoms with van der Waals surface area (Å²) in [5.74, 6) is 0.872. The molecular formula is C15H8O2. The summed E-state index contributed by atoms with van der Waals surface area (Å²) in [4.78, 5) is 11.7. The van der Waals surface area contributed by atoms with E-state index in [1.165, 1.54) is 0 Å². The number of carbonyl (C=O) groups is 1. The zero-order valence-electron chi connectivity index (χ0n) is 8.94. The fourth-order valence-electron chi connectivity index (χ4n) is 2.44. The molecule has 2 heteroatoms. The maximum absolute atomic E-state index is 11.7. The summed E-state index contributed by atoms with van der Waals surface area (Å²) in [6, 6.07) is 7.89. The van der Waals surface area contributed by atoms with Crippen molar-refractivity contribution in [2.45, 2.75) is 0 Å². The third-order valence-electron chi connectivity index (χ3n) is 3.23. The number of furan rings is 1. The highest BCUT2D eigenvalue weighted by atomic mass is 16.3. The second-order valence-electron chi connectivity index (χ2n) is 4.20. The van der Waals surface area contributed by atoms with E-state index < -0.39 is 0 Å². The number of fused-ring (bicyclic) bond motifs is 5. The normalized spacial score (nSPS) is 16.8. The zero-order valence-corrected chi connectivity index (χ0v) is 8.94. The van der Waals surface area contributed by atoms with E-state index in [9.17, 15) is 4.79 Å². The first-order valence-corrected chi connectivity index (χ1v) is 5.51. The van der Waals surface area contributed by atoms with Gasteiger partial charge in [-0.2, -0.15) is 0 Å². The van der Waals surface area contributed by atoms with E-state index in [2.05, 4.69) is 0 Å². The Kier molecular flexibility index (Phi) is 1.47. The minimum absolute atomic E-state index is 0.0537. The fraction of sp³-hybridized carbons (Fsp3) is 0. The summed E-state index contributed by atoms with van der Waals surface area (Å²) in [6.45, 7) is 0. The Balaban J connectivity index is 2.11. The minimum Gasteiger partial charge on any atom is -0.455 e. The van der Waals surface area contributed by atoms with Gasteiger partial charge in [-0.05, 0) is 18.2 Å². The largest absolute Gasteiger partial charge is 0.455 e. The van der Waals surface area contributed by atoms with Crippen molar-refractivity contribution in [3.05, 3.63) is 59.4 Å². The third kappa shape index (κ3) is 1.02. The molecule has 1 aromatic heterocycles. The zero-order chi connectivity index (χ0) is 11.4. The van der Waals surface area contributed by atoms with Crippen LogP contribution >= 0.6 is 0 Å². The maximum Gasteiger partial charge on any atom is 0.186 e. The fourth-order valence-corrected chi connectivity index (χ4v) is 2.44. The second-order valence-corrected chi connectivity index (χ2v) is 4.20. The highest BCUT2D eigenvalue weighted by Gasteiger charge is 2.29. The highest BCUT2D eigenvalue weighted by Crippen LogP contribution is 2.42. The van der Waals surface area contributed by atoms with Gasteiger partial charge in [-0.25, -0.2) is 0 Å². The van der Waals surface area contributed by atoms with Gasteiger partial charge in [-0.15, -0.1) is 0 Å². The lowest BCUT2D eigenvalue weighted by Gasteiger charge is -2.04. The van der Waals surface area contributed by atoms with Gasteiger partial charge in [0.2, 0.25) is 0 Å². The molecule has 1 heterocycles. The molecule has 0 saturated carbocycles. The average molecular weight is 220 g/mol. The molecule has 0 amide bonds. The summed E-state index contributed by atoms with van der Waals surface area (Å²) >= 11 is 0. The number of hydrogen-bond acceptors (Lipinski definition) is 2. The van der Waals surface area contributed by atoms with E-state index in [0.29, 0.717) is 0 Å². The molecule has 0 saturated heterocycles. The molecule has 2 aliphatic carbocycles. The first-order chi connectivity index (χ1) is 8.34. The number of rotatable bonds is 0. The van der Waals surface area contributed by atoms with Gasteiger partial charge in [0, 0.05) is 22.1 Å². The minimum atomic E-state index is 0.0537. The van der Waals surface area contributed by atoms with Gasteiger partial charge in [0.15, 0.2) is 5.78 Å². The van der Waals surface area contributed by atoms with Gasteiger partial charge >= 0.3 is 0 Å². The molecule has 0 bridgehead atoms. The summed E-state index contributed by atoms with van der Waals surface area (Å²) in [6.07, 6.45) is 7.22. The molecule has 2 aromatic rings. The smallest absolute Gasteiger partial charge is 0.186 e. The molecule has 0 unspecified atom stereocenters. The van der Waals surface area contributed by atoms with E-state index in [4.69, 9.17) is 4.42 Å². The Morgan fingerprint density at radius 1 is 1.06 bits per heavy atom. The molecule has 1 aromatic carbocycles. The van der Waals surface area contributed by atoms with Crippen molar-refractivity contribution in [2.24, 2.45) is 0 Å². The molecule has 0 radical (unpaired) electrons. The Morgan fingerprint density at radius 3 is 2.88 bits per heavy atom. The van der Waals surface area contributed by atoms with Gasteiger partial charge in [0.25, 0.3) is 0 Å². The van der Waals surface area contributed by atoms with Crippen molar-refractivity contribution in [3.63, 3.8) is 0 Å². The standard InChI is InChI=1S/C15H8O2/c16-13-6-3-5-10-11(13)8-12-9-4-1-2-7-14(9)17-15(10)12/h1-8H. The molecule has 0 aliphatic heterocycles. The molecule has 0 fully saturated rings. The number of hydrogen-bond donors (Lipinski definition) is 0. The molecule has 80 valence electrons. The van der Waals surface area contributed by atoms with Crippen molar-refractivity contribution in [1.29, 1.82) is 0 Å². The third-order valence-corrected chi connectivity index (χ3v) is 3.23. The highest BCUT2D eigenvalue weighted by molar-refractivity contribution is 6.24. The van der Waals surface area contributed by atoms with Crippen LogP contribution in [-0.2, 0) is 4.79 Å². The second kappa shape index (κ2) is 2.86. The quantitative estimate of drug-likeness (QED) is 0.681. The monoisotopic (exact) mass is 220 g/mol. The maximum atomic E-state index is 11.7. The lowest BCUT2D eigenvalue weighted by atomic mass is 10.00. The topological polar surface area (TPSA) is 30.2 Å². The Morgan fingerprint density at radius 2 is 1.94 bits per heavy atom. The van der Waals surface area contributed by atoms with E-state index in [0.717, 1.165) is 33.4 Å². The van der Waals surface area contributed by atoms with Crippen molar-refractivity contribution in [3.8, 4) is 0 Å². The molecule has 0 N–H and O–H groups in total. The molecule has 0 spiro atoms. The Hall–Kier alpha value is -2.35. The van der Waals surface area contributed by atoms with Crippen molar-refractivity contribution < 1.29 is 9.21 Å². The van der Waals surface area contributed by atoms with Gasteiger partial charge in [0.1, 0.15) is 11.3 Å². The number of para-hydroxylation sites is 1. The average Bonchev–Trinajstić information content (AvgIpc) is 2.87. The number of benzene rings is 1. The van der Waals surface area contributed by atoms with Crippen LogP contribution in [0, 0.1) is 0 Å². The molecule has 2 aliphatic rings. The summed E-state index contributed by atoms with van der Waals surface area (Å²) in [5, 5.41) is 1.07. The van der Waals surface area contributed by atoms with Gasteiger partial charge < -0.3 is 4.42 Å². The van der Waals surface area contributed by atoms with Crippen molar-refractivity contribution in [1.82, 2.24) is 0 Å². The predicted octanol–water partition coefficient (Wildman–Crippen LogP) is 3.35. The van der Waals surface area contributed by atoms with Crippen molar-refractivity contribution >= 4 is 28.4 Å². The van der Waals surface area contributed by atoms with Crippen LogP contribution in [0.1, 0.15) is 11.3 Å². The number of allylic oxidation sites excluding steroid dienone is 5. The summed E-state index contributed by atoms with van der Waals surface area (Å²) in [5.41, 5.74) is 3.55. The number of ketones is 1. The van der Waals surface area contributed by atoms with Crippen LogP contribution in [0.3, 0.4) is 0 Å². The van der Waals surface area contributed by atoms with Gasteiger partial charge in [-0.1, -0.05) is 30.4 Å². The van der Waals surface area contributed by atoms with Crippen LogP contribution in [0.15, 0.2) is 52.5 Å². The van der Waals surface area contributed by atoms with Crippen LogP contribution in [0.25, 0.3) is 22.6 Å². The number of carbonyl (C=O) groups excluding carboxylic acids is 1. The SMILES string of the molecule is O=C1C=CC=C2C1=Cc1c2oc2ccccc12. The summed E-state index contributed by atoms with van der Waals surface area (Å²) in [7, 11) is 0. The lowest BCUT2D eigenvalue weighted by molar-refractivity contribution is -0.110. The van der Waals surface area contributed by atoms with Crippen LogP contribution in [-0.4, -0.2) is 5.78 Å². The van der Waals surface area contributed by atoms with Crippen LogP contribution < -0.4 is 0 Å². The van der Waals surface area contributed by atoms with Crippen molar-refractivity contribution in [2.75, 3.05) is 0 Å². The molecule has 17 heavy (non-hydrogen) atoms. The summed E-state index contributed by atoms with van der Waals surface area (Å²) < 4.78 is 5.82. The molecule has 0 atom stereocenters. The molecular weight excluding hydrogens is 212 g/mol. The van der Waals surface area contributed by atoms with E-state index in [-0.39, 0.29) is 5.78 Å². The molecule has 2 nitrogen and oxygen atoms in total. The lowest BCUT2D eigenvalue weighted by Crippen LogP contribution is -2.00. The predicted molar refractivity (Wildman–Crippen MR) is 66.3 cm³/mol. The van der Waals surface area contributed by atoms with Crippen LogP contribution in [0.5, 0.6) is 0 Å². The van der Waals surface area contributed by atoms with E-state index >= 15 is 0 Å². The van der Waals surface area contributed by atoms with Crippen LogP contribution in [0.4, 0.5) is 0 Å². The first kappa shape index (κ1) is 8.76. The van der Waals surface area contributed by atoms with E-state index in [1.807, 2.05) is 36.4 Å². The van der Waals surface area contributed by atoms with E-state index in [1.54, 1.807) is 12.2 Å².